The van der Waals surface area contributed by atoms with E-state index in [9.17, 15) is 41.7 Å². The first-order valence-electron chi connectivity index (χ1n) is 14.0. The smallest absolute Gasteiger partial charge is 0.394 e. The fraction of sp³-hybridized carbons (Fsp3) is 0.258. The normalized spacial score (nSPS) is 21.7. The Balaban J connectivity index is 1.50. The van der Waals surface area contributed by atoms with Gasteiger partial charge in [-0.3, -0.25) is 4.68 Å². The Morgan fingerprint density at radius 3 is 2.23 bits per heavy atom. The number of aromatic nitrogens is 5. The summed E-state index contributed by atoms with van der Waals surface area (Å²) < 4.78 is 92.3. The molecule has 0 bridgehead atoms. The third-order valence-corrected chi connectivity index (χ3v) is 7.99. The molecule has 2 unspecified atom stereocenters. The van der Waals surface area contributed by atoms with Crippen LogP contribution in [0.5, 0.6) is 0 Å². The van der Waals surface area contributed by atoms with Gasteiger partial charge in [0.05, 0.1) is 17.9 Å². The van der Waals surface area contributed by atoms with Gasteiger partial charge in [0.25, 0.3) is 0 Å². The second-order valence-corrected chi connectivity index (χ2v) is 11.3. The van der Waals surface area contributed by atoms with Crippen LogP contribution < -0.4 is 0 Å². The molecule has 0 saturated carbocycles. The zero-order valence-corrected chi connectivity index (χ0v) is 24.8. The fourth-order valence-corrected chi connectivity index (χ4v) is 5.78. The van der Waals surface area contributed by atoms with Crippen molar-refractivity contribution in [1.82, 2.24) is 24.5 Å². The second-order valence-electron chi connectivity index (χ2n) is 10.8. The number of halogens is 7. The number of ether oxygens (including phenoxy) is 1. The van der Waals surface area contributed by atoms with E-state index in [1.54, 1.807) is 30.3 Å². The molecule has 2 aromatic heterocycles. The van der Waals surface area contributed by atoms with Gasteiger partial charge in [0.1, 0.15) is 42.0 Å². The predicted octanol–water partition coefficient (Wildman–Crippen LogP) is 5.59. The monoisotopic (exact) mass is 679 g/mol. The quantitative estimate of drug-likeness (QED) is 0.158. The number of aliphatic hydroxyl groups excluding tert-OH is 3. The van der Waals surface area contributed by atoms with Crippen molar-refractivity contribution in [2.45, 2.75) is 43.6 Å². The van der Waals surface area contributed by atoms with Crippen molar-refractivity contribution in [3.63, 3.8) is 0 Å². The summed E-state index contributed by atoms with van der Waals surface area (Å²) in [5, 5.41) is 41.7. The Kier molecular flexibility index (Phi) is 8.61. The summed E-state index contributed by atoms with van der Waals surface area (Å²) in [6.45, 7) is 0.600. The number of hydrogen-bond donors (Lipinski definition) is 3. The van der Waals surface area contributed by atoms with Gasteiger partial charge < -0.3 is 20.1 Å². The fourth-order valence-electron chi connectivity index (χ4n) is 5.62. The Morgan fingerprint density at radius 1 is 0.915 bits per heavy atom. The average molecular weight is 680 g/mol. The topological polar surface area (TPSA) is 118 Å². The molecule has 47 heavy (non-hydrogen) atoms. The number of hydrogen-bond acceptors (Lipinski definition) is 7. The summed E-state index contributed by atoms with van der Waals surface area (Å²) in [4.78, 5) is 4.23. The molecule has 0 radical (unpaired) electrons. The molecule has 0 spiro atoms. The minimum Gasteiger partial charge on any atom is -0.394 e. The van der Waals surface area contributed by atoms with Crippen molar-refractivity contribution < 1.29 is 46.4 Å². The number of rotatable bonds is 6. The molecular formula is C31H24ClF6N5O4. The van der Waals surface area contributed by atoms with Crippen molar-refractivity contribution in [2.75, 3.05) is 6.61 Å². The number of aliphatic hydroxyl groups is 3. The number of alkyl halides is 3. The molecule has 5 aromatic rings. The van der Waals surface area contributed by atoms with E-state index in [1.165, 1.54) is 13.1 Å². The van der Waals surface area contributed by atoms with E-state index in [-0.39, 0.29) is 33.5 Å². The van der Waals surface area contributed by atoms with Crippen LogP contribution in [-0.4, -0.2) is 64.8 Å². The Bertz CT molecular complexity index is 1910. The van der Waals surface area contributed by atoms with Gasteiger partial charge in [-0.1, -0.05) is 41.9 Å². The average Bonchev–Trinajstić information content (AvgIpc) is 3.64. The van der Waals surface area contributed by atoms with Crippen molar-refractivity contribution >= 4 is 11.6 Å². The molecule has 1 aliphatic rings. The summed E-state index contributed by atoms with van der Waals surface area (Å²) in [6.07, 6.45) is -10.1. The summed E-state index contributed by atoms with van der Waals surface area (Å²) in [5.41, 5.74) is -1.08. The molecule has 0 amide bonds. The molecule has 246 valence electrons. The lowest BCUT2D eigenvalue weighted by Crippen LogP contribution is -2.53. The van der Waals surface area contributed by atoms with E-state index in [1.807, 2.05) is 0 Å². The van der Waals surface area contributed by atoms with Gasteiger partial charge in [0, 0.05) is 22.3 Å². The van der Waals surface area contributed by atoms with E-state index in [4.69, 9.17) is 16.3 Å². The molecule has 1 aliphatic heterocycles. The summed E-state index contributed by atoms with van der Waals surface area (Å²) >= 11 is 6.05. The van der Waals surface area contributed by atoms with E-state index in [0.29, 0.717) is 5.56 Å². The first-order chi connectivity index (χ1) is 22.3. The minimum absolute atomic E-state index is 0.000206. The van der Waals surface area contributed by atoms with Gasteiger partial charge in [-0.15, -0.1) is 0 Å². The number of benzene rings is 3. The van der Waals surface area contributed by atoms with Gasteiger partial charge in [-0.2, -0.15) is 23.4 Å². The maximum absolute atomic E-state index is 14.3. The number of aryl methyl sites for hydroxylation is 1. The van der Waals surface area contributed by atoms with Crippen LogP contribution in [0.1, 0.15) is 29.4 Å². The Hall–Kier alpha value is -4.28. The first kappa shape index (κ1) is 32.7. The van der Waals surface area contributed by atoms with Crippen LogP contribution in [0.25, 0.3) is 28.1 Å². The Morgan fingerprint density at radius 2 is 1.60 bits per heavy atom. The van der Waals surface area contributed by atoms with Crippen LogP contribution in [0.4, 0.5) is 26.3 Å². The van der Waals surface area contributed by atoms with Gasteiger partial charge in [0.2, 0.25) is 0 Å². The van der Waals surface area contributed by atoms with E-state index >= 15 is 0 Å². The van der Waals surface area contributed by atoms with E-state index in [0.717, 1.165) is 39.7 Å². The summed E-state index contributed by atoms with van der Waals surface area (Å²) in [6, 6.07) is 11.2. The lowest BCUT2D eigenvalue weighted by molar-refractivity contribution is -0.210. The van der Waals surface area contributed by atoms with Crippen molar-refractivity contribution in [1.29, 1.82) is 0 Å². The molecule has 5 atom stereocenters. The second kappa shape index (κ2) is 12.4. The highest BCUT2D eigenvalue weighted by molar-refractivity contribution is 6.30. The Labute approximate surface area is 267 Å². The van der Waals surface area contributed by atoms with Crippen molar-refractivity contribution in [3.8, 4) is 28.1 Å². The molecule has 1 fully saturated rings. The molecule has 6 rings (SSSR count). The molecule has 3 N–H and O–H groups in total. The molecule has 3 heterocycles. The van der Waals surface area contributed by atoms with Crippen LogP contribution >= 0.6 is 11.6 Å². The van der Waals surface area contributed by atoms with Crippen LogP contribution in [0.15, 0.2) is 66.9 Å². The zero-order valence-electron chi connectivity index (χ0n) is 24.1. The molecule has 16 heteroatoms. The lowest BCUT2D eigenvalue weighted by Gasteiger charge is -2.42. The standard InChI is InChI=1S/C31H24ClF6N5O4/c1-14-39-30(43(40-14)22-11-17(32)7-8-19(22)31(36,37)38)29-28(46)26(27(45)23(13-44)47-29)42-12-18(16-9-20(33)24(35)21(34)10-16)25(41-42)15-5-3-2-4-6-15/h2-12,23,26-29,44-46H,13H2,1H3/t23?,26?,27-,28-,29+/m0/s1. The summed E-state index contributed by atoms with van der Waals surface area (Å²) in [7, 11) is 0. The van der Waals surface area contributed by atoms with Crippen molar-refractivity contribution in [3.05, 3.63) is 107 Å². The molecule has 0 aliphatic carbocycles. The third-order valence-electron chi connectivity index (χ3n) is 7.76. The molecule has 1 saturated heterocycles. The van der Waals surface area contributed by atoms with Gasteiger partial charge in [-0.25, -0.2) is 22.8 Å². The highest BCUT2D eigenvalue weighted by Crippen LogP contribution is 2.42. The van der Waals surface area contributed by atoms with E-state index < -0.39 is 71.9 Å². The van der Waals surface area contributed by atoms with Gasteiger partial charge in [0.15, 0.2) is 23.3 Å². The lowest BCUT2D eigenvalue weighted by atomic mass is 9.92. The van der Waals surface area contributed by atoms with Crippen LogP contribution in [0, 0.1) is 24.4 Å². The highest BCUT2D eigenvalue weighted by Gasteiger charge is 2.49. The zero-order chi connectivity index (χ0) is 33.8. The molecule has 9 nitrogen and oxygen atoms in total. The molecular weight excluding hydrogens is 656 g/mol. The maximum Gasteiger partial charge on any atom is 0.418 e. The minimum atomic E-state index is -4.84. The van der Waals surface area contributed by atoms with Crippen LogP contribution in [0.3, 0.4) is 0 Å². The maximum atomic E-state index is 14.3. The van der Waals surface area contributed by atoms with Gasteiger partial charge in [-0.05, 0) is 42.8 Å². The highest BCUT2D eigenvalue weighted by atomic mass is 35.5. The van der Waals surface area contributed by atoms with Gasteiger partial charge >= 0.3 is 6.18 Å². The third kappa shape index (κ3) is 6.00. The van der Waals surface area contributed by atoms with Crippen LogP contribution in [0.2, 0.25) is 5.02 Å². The van der Waals surface area contributed by atoms with E-state index in [2.05, 4.69) is 15.2 Å². The summed E-state index contributed by atoms with van der Waals surface area (Å²) in [5.74, 6) is -4.92. The largest absolute Gasteiger partial charge is 0.418 e. The first-order valence-corrected chi connectivity index (χ1v) is 14.4. The number of nitrogens with zero attached hydrogens (tertiary/aromatic N) is 5. The van der Waals surface area contributed by atoms with Crippen LogP contribution in [-0.2, 0) is 10.9 Å². The molecule has 3 aromatic carbocycles. The SMILES string of the molecule is Cc1nc([C@@H]2OC(CO)[C@H](O)C(n3cc(-c4cc(F)c(F)c(F)c4)c(-c4ccccc4)n3)[C@@H]2O)n(-c2cc(Cl)ccc2C(F)(F)F)n1. The van der Waals surface area contributed by atoms with Crippen molar-refractivity contribution in [2.24, 2.45) is 0 Å². The predicted molar refractivity (Wildman–Crippen MR) is 155 cm³/mol.